The van der Waals surface area contributed by atoms with Crippen LogP contribution in [0.15, 0.2) is 36.4 Å². The molecule has 2 aromatic rings. The summed E-state index contributed by atoms with van der Waals surface area (Å²) < 4.78 is 10.7. The first-order valence-corrected chi connectivity index (χ1v) is 11.5. The topological polar surface area (TPSA) is 76.7 Å². The Morgan fingerprint density at radius 2 is 1.41 bits per heavy atom. The number of halogens is 1. The fourth-order valence-electron chi connectivity index (χ4n) is 3.93. The minimum atomic E-state index is 0.0780. The van der Waals surface area contributed by atoms with Crippen molar-refractivity contribution in [2.75, 3.05) is 30.2 Å². The highest BCUT2D eigenvalue weighted by Gasteiger charge is 2.22. The fraction of sp³-hybridized carbons (Fsp3) is 0.440. The molecule has 7 heteroatoms. The molecule has 172 valence electrons. The van der Waals surface area contributed by atoms with Gasteiger partial charge in [-0.3, -0.25) is 9.59 Å². The van der Waals surface area contributed by atoms with Gasteiger partial charge in [0.2, 0.25) is 11.8 Å². The van der Waals surface area contributed by atoms with Gasteiger partial charge in [-0.2, -0.15) is 0 Å². The molecule has 0 saturated carbocycles. The lowest BCUT2D eigenvalue weighted by molar-refractivity contribution is -0.117. The number of amides is 2. The largest absolute Gasteiger partial charge is 0.497 e. The number of ether oxygens (including phenoxy) is 2. The van der Waals surface area contributed by atoms with Gasteiger partial charge in [0, 0.05) is 42.2 Å². The number of benzene rings is 2. The van der Waals surface area contributed by atoms with Gasteiger partial charge in [-0.05, 0) is 47.9 Å². The number of carbonyl (C=O) groups is 2. The van der Waals surface area contributed by atoms with Crippen LogP contribution in [0.2, 0.25) is 0 Å². The Morgan fingerprint density at radius 1 is 0.875 bits per heavy atom. The lowest BCUT2D eigenvalue weighted by Gasteiger charge is -2.23. The summed E-state index contributed by atoms with van der Waals surface area (Å²) in [7, 11) is 1.62. The van der Waals surface area contributed by atoms with Crippen molar-refractivity contribution in [2.45, 2.75) is 51.4 Å². The van der Waals surface area contributed by atoms with Crippen LogP contribution in [0.1, 0.15) is 62.5 Å². The van der Waals surface area contributed by atoms with Gasteiger partial charge in [-0.25, -0.2) is 0 Å². The van der Waals surface area contributed by atoms with E-state index in [9.17, 15) is 9.59 Å². The highest BCUT2D eigenvalue weighted by atomic mass is 35.5. The van der Waals surface area contributed by atoms with E-state index < -0.39 is 0 Å². The van der Waals surface area contributed by atoms with Gasteiger partial charge in [0.1, 0.15) is 11.5 Å². The van der Waals surface area contributed by atoms with E-state index in [0.29, 0.717) is 31.2 Å². The molecule has 2 aromatic carbocycles. The molecular weight excluding hydrogens is 428 g/mol. The van der Waals surface area contributed by atoms with Gasteiger partial charge in [-0.1, -0.05) is 26.0 Å². The first-order chi connectivity index (χ1) is 15.4. The maximum atomic E-state index is 11.5. The summed E-state index contributed by atoms with van der Waals surface area (Å²) in [6, 6.07) is 11.7. The Labute approximate surface area is 194 Å². The third kappa shape index (κ3) is 6.16. The molecule has 6 nitrogen and oxygen atoms in total. The van der Waals surface area contributed by atoms with Gasteiger partial charge in [0.25, 0.3) is 0 Å². The van der Waals surface area contributed by atoms with E-state index in [2.05, 4.69) is 24.5 Å². The average Bonchev–Trinajstić information content (AvgIpc) is 2.76. The normalized spacial score (nSPS) is 18.9. The molecule has 2 aliphatic rings. The number of rotatable bonds is 6. The quantitative estimate of drug-likeness (QED) is 0.431. The molecule has 0 saturated heterocycles. The molecule has 2 amide bonds. The molecule has 0 aromatic heterocycles. The number of nitrogens with one attached hydrogen (secondary N) is 2. The van der Waals surface area contributed by atoms with Gasteiger partial charge in [0.15, 0.2) is 0 Å². The summed E-state index contributed by atoms with van der Waals surface area (Å²) in [6.07, 6.45) is 3.03. The summed E-state index contributed by atoms with van der Waals surface area (Å²) in [5.74, 6) is 2.98. The Bertz CT molecular complexity index is 963. The van der Waals surface area contributed by atoms with Crippen molar-refractivity contribution < 1.29 is 19.1 Å². The van der Waals surface area contributed by atoms with Crippen LogP contribution in [0.5, 0.6) is 11.5 Å². The minimum absolute atomic E-state index is 0.0780. The molecule has 2 heterocycles. The number of carbonyl (C=O) groups excluding carboxylic acids is 2. The molecule has 0 fully saturated rings. The summed E-state index contributed by atoms with van der Waals surface area (Å²) in [5, 5.41) is 5.74. The van der Waals surface area contributed by atoms with Crippen molar-refractivity contribution in [3.63, 3.8) is 0 Å². The second-order valence-corrected chi connectivity index (χ2v) is 8.63. The highest BCUT2D eigenvalue weighted by Crippen LogP contribution is 2.35. The number of unbranched alkanes of at least 4 members (excludes halogenated alkanes) is 1. The fourth-order valence-corrected chi connectivity index (χ4v) is 4.12. The zero-order chi connectivity index (χ0) is 23.1. The summed E-state index contributed by atoms with van der Waals surface area (Å²) in [6.45, 7) is 4.79. The first kappa shape index (κ1) is 23.9. The number of alkyl halides is 1. The molecule has 0 aliphatic carbocycles. The maximum Gasteiger partial charge on any atom is 0.224 e. The molecule has 2 N–H and O–H groups in total. The smallest absolute Gasteiger partial charge is 0.224 e. The lowest BCUT2D eigenvalue weighted by Crippen LogP contribution is -2.21. The second kappa shape index (κ2) is 11.2. The van der Waals surface area contributed by atoms with E-state index in [4.69, 9.17) is 21.1 Å². The van der Waals surface area contributed by atoms with Crippen molar-refractivity contribution in [2.24, 2.45) is 0 Å². The molecule has 0 bridgehead atoms. The molecule has 0 radical (unpaired) electrons. The van der Waals surface area contributed by atoms with Crippen LogP contribution in [0, 0.1) is 0 Å². The van der Waals surface area contributed by atoms with Crippen molar-refractivity contribution in [1.82, 2.24) is 0 Å². The minimum Gasteiger partial charge on any atom is -0.497 e. The molecule has 2 aliphatic heterocycles. The van der Waals surface area contributed by atoms with E-state index >= 15 is 0 Å². The highest BCUT2D eigenvalue weighted by molar-refractivity contribution is 6.17. The molecular formula is C25H31ClN2O4. The van der Waals surface area contributed by atoms with Crippen LogP contribution in [0.4, 0.5) is 11.4 Å². The van der Waals surface area contributed by atoms with Crippen LogP contribution < -0.4 is 20.1 Å². The molecule has 4 rings (SSSR count). The van der Waals surface area contributed by atoms with Crippen LogP contribution in [-0.4, -0.2) is 31.4 Å². The van der Waals surface area contributed by atoms with E-state index in [-0.39, 0.29) is 17.7 Å². The SMILES string of the molecule is CC1CC(=O)Nc2cc(OCCCCCl)ccc21.COc1ccc2c(c1)NC(=O)CC2C. The van der Waals surface area contributed by atoms with Gasteiger partial charge in [-0.15, -0.1) is 11.6 Å². The summed E-state index contributed by atoms with van der Waals surface area (Å²) in [5.41, 5.74) is 4.13. The number of anilines is 2. The zero-order valence-corrected chi connectivity index (χ0v) is 19.6. The monoisotopic (exact) mass is 458 g/mol. The Hall–Kier alpha value is -2.73. The van der Waals surface area contributed by atoms with Crippen molar-refractivity contribution >= 4 is 34.8 Å². The van der Waals surface area contributed by atoms with Crippen molar-refractivity contribution in [1.29, 1.82) is 0 Å². The van der Waals surface area contributed by atoms with Crippen LogP contribution in [-0.2, 0) is 9.59 Å². The van der Waals surface area contributed by atoms with Crippen molar-refractivity contribution in [3.8, 4) is 11.5 Å². The predicted octanol–water partition coefficient (Wildman–Crippen LogP) is 5.67. The van der Waals surface area contributed by atoms with E-state index in [1.807, 2.05) is 36.4 Å². The summed E-state index contributed by atoms with van der Waals surface area (Å²) in [4.78, 5) is 22.8. The number of methoxy groups -OCH3 is 1. The zero-order valence-electron chi connectivity index (χ0n) is 18.9. The Kier molecular flexibility index (Phi) is 8.39. The van der Waals surface area contributed by atoms with Crippen LogP contribution in [0.3, 0.4) is 0 Å². The molecule has 0 spiro atoms. The number of hydrogen-bond donors (Lipinski definition) is 2. The summed E-state index contributed by atoms with van der Waals surface area (Å²) >= 11 is 5.61. The maximum absolute atomic E-state index is 11.5. The predicted molar refractivity (Wildman–Crippen MR) is 128 cm³/mol. The van der Waals surface area contributed by atoms with Crippen LogP contribution in [0.25, 0.3) is 0 Å². The van der Waals surface area contributed by atoms with E-state index in [0.717, 1.165) is 35.7 Å². The molecule has 2 atom stereocenters. The number of fused-ring (bicyclic) bond motifs is 2. The van der Waals surface area contributed by atoms with E-state index in [1.54, 1.807) is 7.11 Å². The van der Waals surface area contributed by atoms with Gasteiger partial charge >= 0.3 is 0 Å². The Morgan fingerprint density at radius 3 is 1.94 bits per heavy atom. The van der Waals surface area contributed by atoms with Gasteiger partial charge < -0.3 is 20.1 Å². The van der Waals surface area contributed by atoms with Gasteiger partial charge in [0.05, 0.1) is 13.7 Å². The third-order valence-electron chi connectivity index (χ3n) is 5.68. The number of hydrogen-bond acceptors (Lipinski definition) is 4. The van der Waals surface area contributed by atoms with Crippen molar-refractivity contribution in [3.05, 3.63) is 47.5 Å². The first-order valence-electron chi connectivity index (χ1n) is 11.0. The molecule has 2 unspecified atom stereocenters. The standard InChI is InChI=1S/C14H18ClNO2.C11H13NO2/c1-10-8-14(17)16-13-9-11(4-5-12(10)13)18-7-3-2-6-15;1-7-5-11(13)12-10-6-8(14-2)3-4-9(7)10/h4-5,9-10H,2-3,6-8H2,1H3,(H,16,17);3-4,6-7H,5H2,1-2H3,(H,12,13). The van der Waals surface area contributed by atoms with E-state index in [1.165, 1.54) is 11.1 Å². The third-order valence-corrected chi connectivity index (χ3v) is 5.94. The molecule has 32 heavy (non-hydrogen) atoms. The Balaban J connectivity index is 0.000000186. The lowest BCUT2D eigenvalue weighted by atomic mass is 9.92. The van der Waals surface area contributed by atoms with Crippen LogP contribution >= 0.6 is 11.6 Å². The second-order valence-electron chi connectivity index (χ2n) is 8.25. The average molecular weight is 459 g/mol.